The van der Waals surface area contributed by atoms with E-state index in [-0.39, 0.29) is 0 Å². The Morgan fingerprint density at radius 2 is 0.950 bits per heavy atom. The van der Waals surface area contributed by atoms with Crippen LogP contribution in [0, 0.1) is 13.8 Å². The van der Waals surface area contributed by atoms with Gasteiger partial charge in [-0.15, -0.1) is 0 Å². The molecule has 0 aliphatic heterocycles. The van der Waals surface area contributed by atoms with Crippen LogP contribution in [0.15, 0.2) is 60.7 Å². The third-order valence-corrected chi connectivity index (χ3v) is 4.27. The number of fused-ring (bicyclic) bond motifs is 3. The van der Waals surface area contributed by atoms with Crippen LogP contribution < -0.4 is 0 Å². The summed E-state index contributed by atoms with van der Waals surface area (Å²) in [4.78, 5) is 0. The van der Waals surface area contributed by atoms with Crippen molar-refractivity contribution >= 4 is 32.3 Å². The molecule has 0 N–H and O–H groups in total. The van der Waals surface area contributed by atoms with Crippen LogP contribution in [0.25, 0.3) is 32.3 Å². The van der Waals surface area contributed by atoms with E-state index < -0.39 is 0 Å². The van der Waals surface area contributed by atoms with Gasteiger partial charge < -0.3 is 0 Å². The summed E-state index contributed by atoms with van der Waals surface area (Å²) in [5.74, 6) is 0. The van der Waals surface area contributed by atoms with Gasteiger partial charge in [0, 0.05) is 0 Å². The molecule has 4 aromatic carbocycles. The Kier molecular flexibility index (Phi) is 2.34. The summed E-state index contributed by atoms with van der Waals surface area (Å²) in [6.45, 7) is 4.36. The number of hydrogen-bond donors (Lipinski definition) is 0. The van der Waals surface area contributed by atoms with E-state index in [1.54, 1.807) is 0 Å². The second-order valence-electron chi connectivity index (χ2n) is 5.64. The first kappa shape index (κ1) is 11.5. The largest absolute Gasteiger partial charge is 0.0614 e. The summed E-state index contributed by atoms with van der Waals surface area (Å²) in [7, 11) is 0. The predicted octanol–water partition coefficient (Wildman–Crippen LogP) is 5.76. The van der Waals surface area contributed by atoms with Crippen molar-refractivity contribution in [3.63, 3.8) is 0 Å². The van der Waals surface area contributed by atoms with Crippen LogP contribution in [0.1, 0.15) is 11.1 Å². The van der Waals surface area contributed by atoms with Gasteiger partial charge in [-0.2, -0.15) is 0 Å². The van der Waals surface area contributed by atoms with Gasteiger partial charge in [-0.3, -0.25) is 0 Å². The average molecular weight is 256 g/mol. The minimum Gasteiger partial charge on any atom is -0.0614 e. The van der Waals surface area contributed by atoms with Gasteiger partial charge >= 0.3 is 0 Å². The molecule has 0 atom stereocenters. The lowest BCUT2D eigenvalue weighted by Gasteiger charge is -2.08. The lowest BCUT2D eigenvalue weighted by molar-refractivity contribution is 1.53. The maximum atomic E-state index is 2.32. The third kappa shape index (κ3) is 1.61. The van der Waals surface area contributed by atoms with Crippen molar-refractivity contribution in [2.45, 2.75) is 13.8 Å². The Labute approximate surface area is 118 Å². The zero-order valence-electron chi connectivity index (χ0n) is 11.8. The lowest BCUT2D eigenvalue weighted by atomic mass is 9.96. The molecule has 4 rings (SSSR count). The molecule has 0 aliphatic rings. The first-order chi connectivity index (χ1) is 9.72. The Bertz CT molecular complexity index is 881. The molecule has 0 heterocycles. The fourth-order valence-corrected chi connectivity index (χ4v) is 3.12. The van der Waals surface area contributed by atoms with E-state index in [0.29, 0.717) is 0 Å². The molecule has 0 aromatic heterocycles. The van der Waals surface area contributed by atoms with Gasteiger partial charge in [-0.25, -0.2) is 0 Å². The van der Waals surface area contributed by atoms with Gasteiger partial charge in [0.15, 0.2) is 0 Å². The van der Waals surface area contributed by atoms with Gasteiger partial charge in [0.2, 0.25) is 0 Å². The smallest absolute Gasteiger partial charge is 0.0148 e. The van der Waals surface area contributed by atoms with Crippen molar-refractivity contribution in [2.24, 2.45) is 0 Å². The molecule has 0 heteroatoms. The minimum atomic E-state index is 1.32. The van der Waals surface area contributed by atoms with Gasteiger partial charge in [0.1, 0.15) is 0 Å². The van der Waals surface area contributed by atoms with E-state index in [2.05, 4.69) is 74.5 Å². The van der Waals surface area contributed by atoms with Crippen molar-refractivity contribution in [3.8, 4) is 0 Å². The highest BCUT2D eigenvalue weighted by Crippen LogP contribution is 2.29. The fourth-order valence-electron chi connectivity index (χ4n) is 3.12. The van der Waals surface area contributed by atoms with E-state index in [0.717, 1.165) is 0 Å². The normalized spacial score (nSPS) is 11.5. The van der Waals surface area contributed by atoms with E-state index in [9.17, 15) is 0 Å². The Morgan fingerprint density at radius 3 is 1.40 bits per heavy atom. The fraction of sp³-hybridized carbons (Fsp3) is 0.100. The molecule has 20 heavy (non-hydrogen) atoms. The second kappa shape index (κ2) is 4.08. The van der Waals surface area contributed by atoms with Crippen LogP contribution in [0.2, 0.25) is 0 Å². The van der Waals surface area contributed by atoms with Gasteiger partial charge in [-0.1, -0.05) is 36.4 Å². The van der Waals surface area contributed by atoms with Crippen molar-refractivity contribution in [1.29, 1.82) is 0 Å². The molecular formula is C20H16. The molecule has 96 valence electrons. The molecule has 0 bridgehead atoms. The van der Waals surface area contributed by atoms with Crippen molar-refractivity contribution in [3.05, 3.63) is 71.8 Å². The lowest BCUT2D eigenvalue weighted by Crippen LogP contribution is -1.83. The zero-order valence-corrected chi connectivity index (χ0v) is 11.8. The molecule has 0 nitrogen and oxygen atoms in total. The summed E-state index contributed by atoms with van der Waals surface area (Å²) in [5, 5.41) is 8.00. The highest BCUT2D eigenvalue weighted by molar-refractivity contribution is 6.06. The van der Waals surface area contributed by atoms with E-state index in [4.69, 9.17) is 0 Å². The molecule has 0 saturated carbocycles. The Hall–Kier alpha value is -2.34. The van der Waals surface area contributed by atoms with Gasteiger partial charge in [0.25, 0.3) is 0 Å². The number of benzene rings is 4. The SMILES string of the molecule is Cc1cccc2cc3cc4c(C)cccc4cc3cc12. The van der Waals surface area contributed by atoms with Crippen LogP contribution in [0.3, 0.4) is 0 Å². The van der Waals surface area contributed by atoms with Crippen LogP contribution in [0.5, 0.6) is 0 Å². The minimum absolute atomic E-state index is 1.32. The summed E-state index contributed by atoms with van der Waals surface area (Å²) in [6, 6.07) is 22.3. The highest BCUT2D eigenvalue weighted by atomic mass is 14.1. The quantitative estimate of drug-likeness (QED) is 0.351. The predicted molar refractivity (Wildman–Crippen MR) is 88.4 cm³/mol. The van der Waals surface area contributed by atoms with Crippen molar-refractivity contribution in [1.82, 2.24) is 0 Å². The number of aryl methyl sites for hydroxylation is 2. The molecule has 0 radical (unpaired) electrons. The Morgan fingerprint density at radius 1 is 0.500 bits per heavy atom. The van der Waals surface area contributed by atoms with E-state index in [1.807, 2.05) is 0 Å². The van der Waals surface area contributed by atoms with Crippen LogP contribution in [-0.2, 0) is 0 Å². The van der Waals surface area contributed by atoms with E-state index in [1.165, 1.54) is 43.4 Å². The summed E-state index contributed by atoms with van der Waals surface area (Å²) >= 11 is 0. The van der Waals surface area contributed by atoms with Crippen molar-refractivity contribution in [2.75, 3.05) is 0 Å². The molecule has 0 aliphatic carbocycles. The monoisotopic (exact) mass is 256 g/mol. The van der Waals surface area contributed by atoms with E-state index >= 15 is 0 Å². The zero-order chi connectivity index (χ0) is 13.7. The van der Waals surface area contributed by atoms with Gasteiger partial charge in [0.05, 0.1) is 0 Å². The second-order valence-corrected chi connectivity index (χ2v) is 5.64. The highest BCUT2D eigenvalue weighted by Gasteiger charge is 2.03. The van der Waals surface area contributed by atoms with Crippen LogP contribution in [-0.4, -0.2) is 0 Å². The van der Waals surface area contributed by atoms with Gasteiger partial charge in [-0.05, 0) is 81.6 Å². The summed E-state index contributed by atoms with van der Waals surface area (Å²) < 4.78 is 0. The molecule has 0 fully saturated rings. The van der Waals surface area contributed by atoms with Crippen LogP contribution in [0.4, 0.5) is 0 Å². The molecule has 0 unspecified atom stereocenters. The standard InChI is InChI=1S/C20H16/c1-13-5-3-7-15-9-18-12-20-14(2)6-4-8-16(20)10-17(18)11-19(13)15/h3-12H,1-2H3. The summed E-state index contributed by atoms with van der Waals surface area (Å²) in [6.07, 6.45) is 0. The number of rotatable bonds is 0. The molecule has 0 amide bonds. The molecule has 0 spiro atoms. The first-order valence-electron chi connectivity index (χ1n) is 7.05. The molecular weight excluding hydrogens is 240 g/mol. The third-order valence-electron chi connectivity index (χ3n) is 4.27. The summed E-state index contributed by atoms with van der Waals surface area (Å²) in [5.41, 5.74) is 2.68. The number of hydrogen-bond acceptors (Lipinski definition) is 0. The molecule has 0 saturated heterocycles. The topological polar surface area (TPSA) is 0 Å². The van der Waals surface area contributed by atoms with Crippen LogP contribution >= 0.6 is 0 Å². The van der Waals surface area contributed by atoms with Crippen molar-refractivity contribution < 1.29 is 0 Å². The Balaban J connectivity index is 2.20. The molecule has 4 aromatic rings. The first-order valence-corrected chi connectivity index (χ1v) is 7.05. The average Bonchev–Trinajstić information content (AvgIpc) is 2.45. The maximum absolute atomic E-state index is 2.32. The maximum Gasteiger partial charge on any atom is -0.0148 e.